The van der Waals surface area contributed by atoms with Crippen LogP contribution in [-0.2, 0) is 13.6 Å². The largest absolute Gasteiger partial charge is 0.330 e. The molecule has 1 aliphatic rings. The molecule has 2 aromatic rings. The maximum absolute atomic E-state index is 12.5. The van der Waals surface area contributed by atoms with Crippen molar-refractivity contribution < 1.29 is 0 Å². The second kappa shape index (κ2) is 4.72. The van der Waals surface area contributed by atoms with Crippen LogP contribution in [0.2, 0.25) is 0 Å². The van der Waals surface area contributed by atoms with Crippen molar-refractivity contribution in [3.63, 3.8) is 0 Å². The molecule has 2 atom stereocenters. The number of aryl methyl sites for hydroxylation is 1. The maximum atomic E-state index is 12.5. The molecule has 21 heavy (non-hydrogen) atoms. The van der Waals surface area contributed by atoms with Crippen molar-refractivity contribution in [3.05, 3.63) is 28.3 Å². The minimum atomic E-state index is 0.0346. The minimum absolute atomic E-state index is 0.0346. The second-order valence-corrected chi connectivity index (χ2v) is 7.58. The summed E-state index contributed by atoms with van der Waals surface area (Å²) < 4.78 is 3.55. The molecule has 0 saturated heterocycles. The Hall–Kier alpha value is -1.58. The maximum Gasteiger partial charge on any atom is 0.330 e. The van der Waals surface area contributed by atoms with Crippen molar-refractivity contribution in [1.29, 1.82) is 0 Å². The number of aromatic nitrogens is 3. The molecule has 1 saturated carbocycles. The van der Waals surface area contributed by atoms with Gasteiger partial charge in [0.05, 0.1) is 5.52 Å². The topological polar surface area (TPSA) is 39.8 Å². The molecule has 3 rings (SSSR count). The van der Waals surface area contributed by atoms with Gasteiger partial charge in [0.15, 0.2) is 5.65 Å². The van der Waals surface area contributed by atoms with Crippen molar-refractivity contribution >= 4 is 11.2 Å². The molecule has 0 amide bonds. The van der Waals surface area contributed by atoms with E-state index in [0.29, 0.717) is 12.5 Å². The number of fused-ring (bicyclic) bond motifs is 1. The molecule has 1 aliphatic carbocycles. The Balaban J connectivity index is 2.07. The van der Waals surface area contributed by atoms with E-state index in [2.05, 4.69) is 39.8 Å². The quantitative estimate of drug-likeness (QED) is 0.869. The van der Waals surface area contributed by atoms with Crippen LogP contribution in [0.25, 0.3) is 11.2 Å². The highest BCUT2D eigenvalue weighted by molar-refractivity contribution is 5.72. The molecule has 0 aromatic carbocycles. The van der Waals surface area contributed by atoms with Gasteiger partial charge in [-0.25, -0.2) is 9.78 Å². The van der Waals surface area contributed by atoms with Crippen LogP contribution in [0.1, 0.15) is 52.1 Å². The summed E-state index contributed by atoms with van der Waals surface area (Å²) in [6, 6.07) is 4.19. The van der Waals surface area contributed by atoms with Crippen LogP contribution in [-0.4, -0.2) is 14.1 Å². The first-order valence-electron chi connectivity index (χ1n) is 7.88. The SMILES string of the molecule is CC[C@@H]1CC1c1ccc2c(n1)n(C)c(=O)n2CC(C)(C)C. The van der Waals surface area contributed by atoms with Gasteiger partial charge in [0.2, 0.25) is 0 Å². The van der Waals surface area contributed by atoms with Crippen LogP contribution < -0.4 is 5.69 Å². The van der Waals surface area contributed by atoms with Gasteiger partial charge >= 0.3 is 5.69 Å². The van der Waals surface area contributed by atoms with Gasteiger partial charge in [-0.15, -0.1) is 0 Å². The molecule has 0 bridgehead atoms. The number of hydrogen-bond acceptors (Lipinski definition) is 2. The molecule has 1 unspecified atom stereocenters. The van der Waals surface area contributed by atoms with Gasteiger partial charge in [0.25, 0.3) is 0 Å². The Bertz CT molecular complexity index is 733. The van der Waals surface area contributed by atoms with Crippen LogP contribution in [0, 0.1) is 11.3 Å². The molecule has 4 heteroatoms. The van der Waals surface area contributed by atoms with E-state index in [-0.39, 0.29) is 11.1 Å². The Morgan fingerprint density at radius 2 is 2.05 bits per heavy atom. The van der Waals surface area contributed by atoms with E-state index in [9.17, 15) is 4.79 Å². The van der Waals surface area contributed by atoms with E-state index >= 15 is 0 Å². The number of hydrogen-bond donors (Lipinski definition) is 0. The summed E-state index contributed by atoms with van der Waals surface area (Å²) in [6.45, 7) is 9.40. The fraction of sp³-hybridized carbons (Fsp3) is 0.647. The van der Waals surface area contributed by atoms with E-state index in [1.165, 1.54) is 12.8 Å². The van der Waals surface area contributed by atoms with Gasteiger partial charge in [-0.2, -0.15) is 0 Å². The van der Waals surface area contributed by atoms with Gasteiger partial charge in [-0.3, -0.25) is 9.13 Å². The average molecular weight is 287 g/mol. The summed E-state index contributed by atoms with van der Waals surface area (Å²) in [5, 5.41) is 0. The number of rotatable bonds is 3. The van der Waals surface area contributed by atoms with Gasteiger partial charge in [0, 0.05) is 25.2 Å². The fourth-order valence-corrected chi connectivity index (χ4v) is 3.18. The highest BCUT2D eigenvalue weighted by atomic mass is 16.1. The molecule has 1 fully saturated rings. The fourth-order valence-electron chi connectivity index (χ4n) is 3.18. The normalized spacial score (nSPS) is 22.0. The first-order valence-corrected chi connectivity index (χ1v) is 7.88. The van der Waals surface area contributed by atoms with E-state index < -0.39 is 0 Å². The monoisotopic (exact) mass is 287 g/mol. The summed E-state index contributed by atoms with van der Waals surface area (Å²) in [4.78, 5) is 17.3. The zero-order valence-electron chi connectivity index (χ0n) is 13.7. The minimum Gasteiger partial charge on any atom is -0.290 e. The molecule has 0 aliphatic heterocycles. The van der Waals surface area contributed by atoms with Crippen LogP contribution in [0.5, 0.6) is 0 Å². The molecule has 0 radical (unpaired) electrons. The molecular weight excluding hydrogens is 262 g/mol. The van der Waals surface area contributed by atoms with Crippen molar-refractivity contribution in [2.24, 2.45) is 18.4 Å². The van der Waals surface area contributed by atoms with E-state index in [1.807, 2.05) is 11.6 Å². The lowest BCUT2D eigenvalue weighted by molar-refractivity contribution is 0.342. The lowest BCUT2D eigenvalue weighted by atomic mass is 9.97. The molecule has 0 N–H and O–H groups in total. The van der Waals surface area contributed by atoms with Crippen molar-refractivity contribution in [2.45, 2.75) is 53.0 Å². The summed E-state index contributed by atoms with van der Waals surface area (Å²) >= 11 is 0. The lowest BCUT2D eigenvalue weighted by Gasteiger charge is -2.18. The summed E-state index contributed by atoms with van der Waals surface area (Å²) in [6.07, 6.45) is 2.46. The highest BCUT2D eigenvalue weighted by Crippen LogP contribution is 2.48. The molecule has 2 aromatic heterocycles. The molecule has 0 spiro atoms. The number of nitrogens with zero attached hydrogens (tertiary/aromatic N) is 3. The predicted molar refractivity (Wildman–Crippen MR) is 85.6 cm³/mol. The van der Waals surface area contributed by atoms with Crippen LogP contribution in [0.4, 0.5) is 0 Å². The summed E-state index contributed by atoms with van der Waals surface area (Å²) in [5.41, 5.74) is 3.03. The third-order valence-electron chi connectivity index (χ3n) is 4.46. The number of imidazole rings is 1. The van der Waals surface area contributed by atoms with Crippen molar-refractivity contribution in [3.8, 4) is 0 Å². The molecule has 4 nitrogen and oxygen atoms in total. The van der Waals surface area contributed by atoms with Crippen molar-refractivity contribution in [1.82, 2.24) is 14.1 Å². The Labute approximate surface area is 125 Å². The van der Waals surface area contributed by atoms with Crippen LogP contribution in [0.15, 0.2) is 16.9 Å². The third kappa shape index (κ3) is 2.52. The van der Waals surface area contributed by atoms with E-state index in [0.717, 1.165) is 22.8 Å². The third-order valence-corrected chi connectivity index (χ3v) is 4.46. The first kappa shape index (κ1) is 14.4. The Kier molecular flexibility index (Phi) is 3.23. The lowest BCUT2D eigenvalue weighted by Crippen LogP contribution is -2.27. The Morgan fingerprint density at radius 1 is 1.33 bits per heavy atom. The summed E-state index contributed by atoms with van der Waals surface area (Å²) in [5.74, 6) is 1.38. The van der Waals surface area contributed by atoms with Crippen LogP contribution >= 0.6 is 0 Å². The van der Waals surface area contributed by atoms with Gasteiger partial charge < -0.3 is 0 Å². The molecule has 2 heterocycles. The molecule has 114 valence electrons. The average Bonchev–Trinajstić information content (AvgIpc) is 3.17. The zero-order valence-corrected chi connectivity index (χ0v) is 13.7. The van der Waals surface area contributed by atoms with Gasteiger partial charge in [-0.05, 0) is 29.9 Å². The highest BCUT2D eigenvalue weighted by Gasteiger charge is 2.38. The smallest absolute Gasteiger partial charge is 0.290 e. The number of pyridine rings is 1. The van der Waals surface area contributed by atoms with Gasteiger partial charge in [0.1, 0.15) is 0 Å². The zero-order chi connectivity index (χ0) is 15.4. The summed E-state index contributed by atoms with van der Waals surface area (Å²) in [7, 11) is 1.82. The Morgan fingerprint density at radius 3 is 2.62 bits per heavy atom. The van der Waals surface area contributed by atoms with E-state index in [1.54, 1.807) is 4.57 Å². The predicted octanol–water partition coefficient (Wildman–Crippen LogP) is 3.29. The van der Waals surface area contributed by atoms with Gasteiger partial charge in [-0.1, -0.05) is 34.1 Å². The second-order valence-electron chi connectivity index (χ2n) is 7.58. The molecular formula is C17H25N3O. The van der Waals surface area contributed by atoms with E-state index in [4.69, 9.17) is 4.98 Å². The first-order chi connectivity index (χ1) is 9.81. The standard InChI is InChI=1S/C17H25N3O/c1-6-11-9-12(11)13-7-8-14-15(18-13)19(5)16(21)20(14)10-17(2,3)4/h7-8,11-12H,6,9-10H2,1-5H3/t11-,12?/m1/s1. The van der Waals surface area contributed by atoms with Crippen LogP contribution in [0.3, 0.4) is 0 Å². The van der Waals surface area contributed by atoms with Crippen molar-refractivity contribution in [2.75, 3.05) is 0 Å².